The fourth-order valence-electron chi connectivity index (χ4n) is 4.63. The molecule has 0 saturated heterocycles. The number of carbonyl (C=O) groups excluding carboxylic acids is 2. The molecular weight excluding hydrogens is 374 g/mol. The van der Waals surface area contributed by atoms with Crippen LogP contribution >= 0.6 is 12.4 Å². The van der Waals surface area contributed by atoms with E-state index < -0.39 is 0 Å². The van der Waals surface area contributed by atoms with E-state index in [4.69, 9.17) is 5.73 Å². The first-order valence-corrected chi connectivity index (χ1v) is 9.57. The Bertz CT molecular complexity index is 869. The van der Waals surface area contributed by atoms with Crippen LogP contribution in [0.15, 0.2) is 48.5 Å². The van der Waals surface area contributed by atoms with Gasteiger partial charge in [0.1, 0.15) is 0 Å². The number of hydrogen-bond donors (Lipinski definition) is 3. The predicted molar refractivity (Wildman–Crippen MR) is 114 cm³/mol. The summed E-state index contributed by atoms with van der Waals surface area (Å²) in [6.07, 6.45) is 3.32. The van der Waals surface area contributed by atoms with E-state index in [1.165, 1.54) is 0 Å². The predicted octanol–water partition coefficient (Wildman–Crippen LogP) is 3.98. The number of rotatable bonds is 4. The maximum absolute atomic E-state index is 12.8. The molecule has 2 bridgehead atoms. The van der Waals surface area contributed by atoms with E-state index in [2.05, 4.69) is 10.6 Å². The zero-order valence-corrected chi connectivity index (χ0v) is 16.7. The summed E-state index contributed by atoms with van der Waals surface area (Å²) in [6, 6.07) is 14.6. The molecule has 2 fully saturated rings. The average molecular weight is 400 g/mol. The molecule has 2 aromatic rings. The lowest BCUT2D eigenvalue weighted by molar-refractivity contribution is -0.121. The van der Waals surface area contributed by atoms with Gasteiger partial charge in [0.25, 0.3) is 5.91 Å². The Labute approximate surface area is 171 Å². The molecule has 0 radical (unpaired) electrons. The molecule has 148 valence electrons. The van der Waals surface area contributed by atoms with Crippen molar-refractivity contribution in [2.45, 2.75) is 32.2 Å². The van der Waals surface area contributed by atoms with Crippen molar-refractivity contribution in [3.05, 3.63) is 59.7 Å². The van der Waals surface area contributed by atoms with Gasteiger partial charge in [-0.15, -0.1) is 12.4 Å². The number of fused-ring (bicyclic) bond motifs is 2. The van der Waals surface area contributed by atoms with Gasteiger partial charge in [0.2, 0.25) is 5.91 Å². The van der Waals surface area contributed by atoms with Crippen molar-refractivity contribution in [1.82, 2.24) is 0 Å². The van der Waals surface area contributed by atoms with E-state index in [9.17, 15) is 9.59 Å². The van der Waals surface area contributed by atoms with Gasteiger partial charge < -0.3 is 16.4 Å². The zero-order valence-electron chi connectivity index (χ0n) is 15.9. The van der Waals surface area contributed by atoms with Crippen molar-refractivity contribution in [3.63, 3.8) is 0 Å². The molecule has 2 aromatic carbocycles. The maximum atomic E-state index is 12.8. The van der Waals surface area contributed by atoms with Crippen LogP contribution in [0.4, 0.5) is 11.4 Å². The number of carbonyl (C=O) groups is 2. The highest BCUT2D eigenvalue weighted by Gasteiger charge is 2.49. The third kappa shape index (κ3) is 3.77. The standard InChI is InChI=1S/C22H25N3O2.ClH/c1-13-17(24-21(26)14-6-3-2-4-7-14)8-5-9-18(13)25-22(27)19-15-10-11-16(12-15)20(19)23;/h2-9,15-16,19-20H,10-12,23H2,1H3,(H,24,26)(H,25,27);1H. The van der Waals surface area contributed by atoms with E-state index in [1.54, 1.807) is 12.1 Å². The summed E-state index contributed by atoms with van der Waals surface area (Å²) in [7, 11) is 0. The largest absolute Gasteiger partial charge is 0.327 e. The lowest BCUT2D eigenvalue weighted by Gasteiger charge is -2.27. The lowest BCUT2D eigenvalue weighted by atomic mass is 9.84. The fourth-order valence-corrected chi connectivity index (χ4v) is 4.63. The molecule has 0 aromatic heterocycles. The number of anilines is 2. The Balaban J connectivity index is 0.00000225. The van der Waals surface area contributed by atoms with Crippen LogP contribution in [0.25, 0.3) is 0 Å². The molecule has 0 heterocycles. The number of nitrogens with one attached hydrogen (secondary N) is 2. The van der Waals surface area contributed by atoms with E-state index in [1.807, 2.05) is 43.3 Å². The fraction of sp³-hybridized carbons (Fsp3) is 0.364. The third-order valence-corrected chi connectivity index (χ3v) is 6.16. The highest BCUT2D eigenvalue weighted by atomic mass is 35.5. The smallest absolute Gasteiger partial charge is 0.255 e. The third-order valence-electron chi connectivity index (χ3n) is 6.16. The van der Waals surface area contributed by atoms with Crippen molar-refractivity contribution in [2.75, 3.05) is 10.6 Å². The van der Waals surface area contributed by atoms with Crippen LogP contribution in [0.5, 0.6) is 0 Å². The van der Waals surface area contributed by atoms with Crippen LogP contribution in [0, 0.1) is 24.7 Å². The minimum absolute atomic E-state index is 0. The van der Waals surface area contributed by atoms with Crippen LogP contribution in [-0.2, 0) is 4.79 Å². The summed E-state index contributed by atoms with van der Waals surface area (Å²) in [5.41, 5.74) is 9.15. The van der Waals surface area contributed by atoms with Gasteiger partial charge in [-0.25, -0.2) is 0 Å². The highest BCUT2D eigenvalue weighted by Crippen LogP contribution is 2.48. The second kappa shape index (κ2) is 8.33. The van der Waals surface area contributed by atoms with Crippen LogP contribution in [0.3, 0.4) is 0 Å². The van der Waals surface area contributed by atoms with Gasteiger partial charge in [-0.05, 0) is 67.9 Å². The molecule has 28 heavy (non-hydrogen) atoms. The quantitative estimate of drug-likeness (QED) is 0.726. The number of halogens is 1. The molecule has 4 rings (SSSR count). The molecule has 2 aliphatic carbocycles. The van der Waals surface area contributed by atoms with E-state index in [0.717, 1.165) is 30.5 Å². The van der Waals surface area contributed by atoms with Crippen molar-refractivity contribution < 1.29 is 9.59 Å². The second-order valence-electron chi connectivity index (χ2n) is 7.72. The number of benzene rings is 2. The summed E-state index contributed by atoms with van der Waals surface area (Å²) in [5, 5.41) is 5.98. The molecule has 2 saturated carbocycles. The summed E-state index contributed by atoms with van der Waals surface area (Å²) in [4.78, 5) is 25.3. The molecule has 0 spiro atoms. The molecule has 2 amide bonds. The molecule has 0 aliphatic heterocycles. The number of amides is 2. The minimum Gasteiger partial charge on any atom is -0.327 e. The normalized spacial score (nSPS) is 25.1. The molecule has 4 N–H and O–H groups in total. The van der Waals surface area contributed by atoms with Gasteiger partial charge in [-0.3, -0.25) is 9.59 Å². The van der Waals surface area contributed by atoms with Crippen LogP contribution in [0.1, 0.15) is 35.2 Å². The molecular formula is C22H26ClN3O2. The lowest BCUT2D eigenvalue weighted by Crippen LogP contribution is -2.42. The molecule has 4 unspecified atom stereocenters. The number of hydrogen-bond acceptors (Lipinski definition) is 3. The minimum atomic E-state index is -0.169. The molecule has 4 atom stereocenters. The summed E-state index contributed by atoms with van der Waals surface area (Å²) in [5.74, 6) is 0.627. The van der Waals surface area contributed by atoms with Gasteiger partial charge in [0.05, 0.1) is 5.92 Å². The Hall–Kier alpha value is -2.37. The van der Waals surface area contributed by atoms with E-state index >= 15 is 0 Å². The SMILES string of the molecule is Cc1c(NC(=O)c2ccccc2)cccc1NC(=O)C1C2CCC(C2)C1N.Cl. The Morgan fingerprint density at radius 3 is 2.21 bits per heavy atom. The Morgan fingerprint density at radius 2 is 1.57 bits per heavy atom. The summed E-state index contributed by atoms with van der Waals surface area (Å²) in [6.45, 7) is 1.90. The highest BCUT2D eigenvalue weighted by molar-refractivity contribution is 6.05. The van der Waals surface area contributed by atoms with Crippen molar-refractivity contribution >= 4 is 35.6 Å². The second-order valence-corrected chi connectivity index (χ2v) is 7.72. The first kappa shape index (κ1) is 20.4. The molecule has 2 aliphatic rings. The zero-order chi connectivity index (χ0) is 19.0. The van der Waals surface area contributed by atoms with Crippen LogP contribution in [-0.4, -0.2) is 17.9 Å². The van der Waals surface area contributed by atoms with Crippen LogP contribution < -0.4 is 16.4 Å². The van der Waals surface area contributed by atoms with Gasteiger partial charge in [0.15, 0.2) is 0 Å². The maximum Gasteiger partial charge on any atom is 0.255 e. The Kier molecular flexibility index (Phi) is 6.06. The van der Waals surface area contributed by atoms with Gasteiger partial charge in [-0.1, -0.05) is 24.3 Å². The van der Waals surface area contributed by atoms with Gasteiger partial charge in [0, 0.05) is 23.0 Å². The van der Waals surface area contributed by atoms with Gasteiger partial charge >= 0.3 is 0 Å². The monoisotopic (exact) mass is 399 g/mol. The van der Waals surface area contributed by atoms with E-state index in [-0.39, 0.29) is 36.2 Å². The Morgan fingerprint density at radius 1 is 0.929 bits per heavy atom. The van der Waals surface area contributed by atoms with Crippen molar-refractivity contribution in [2.24, 2.45) is 23.5 Å². The molecule has 6 heteroatoms. The summed E-state index contributed by atoms with van der Waals surface area (Å²) < 4.78 is 0. The van der Waals surface area contributed by atoms with Crippen LogP contribution in [0.2, 0.25) is 0 Å². The van der Waals surface area contributed by atoms with Crippen molar-refractivity contribution in [1.29, 1.82) is 0 Å². The average Bonchev–Trinajstić information content (AvgIpc) is 3.27. The van der Waals surface area contributed by atoms with Crippen molar-refractivity contribution in [3.8, 4) is 0 Å². The first-order chi connectivity index (χ1) is 13.0. The first-order valence-electron chi connectivity index (χ1n) is 9.57. The van der Waals surface area contributed by atoms with Gasteiger partial charge in [-0.2, -0.15) is 0 Å². The summed E-state index contributed by atoms with van der Waals surface area (Å²) >= 11 is 0. The molecule has 5 nitrogen and oxygen atoms in total. The number of nitrogens with two attached hydrogens (primary N) is 1. The van der Waals surface area contributed by atoms with E-state index in [0.29, 0.717) is 23.1 Å². The topological polar surface area (TPSA) is 84.2 Å².